The zero-order chi connectivity index (χ0) is 20.4. The summed E-state index contributed by atoms with van der Waals surface area (Å²) in [6.45, 7) is 4.80. The summed E-state index contributed by atoms with van der Waals surface area (Å²) in [6.07, 6.45) is 0.862. The van der Waals surface area contributed by atoms with Gasteiger partial charge >= 0.3 is 5.97 Å². The summed E-state index contributed by atoms with van der Waals surface area (Å²) < 4.78 is 16.2. The number of amides is 1. The molecule has 1 N–H and O–H groups in total. The second kappa shape index (κ2) is 11.2. The first-order chi connectivity index (χ1) is 13.5. The third-order valence-electron chi connectivity index (χ3n) is 3.68. The zero-order valence-electron chi connectivity index (χ0n) is 16.0. The smallest absolute Gasteiger partial charge is 0.338 e. The molecule has 0 radical (unpaired) electrons. The van der Waals surface area contributed by atoms with Crippen molar-refractivity contribution in [2.45, 2.75) is 26.8 Å². The molecule has 0 spiro atoms. The van der Waals surface area contributed by atoms with Crippen molar-refractivity contribution in [3.63, 3.8) is 0 Å². The quantitative estimate of drug-likeness (QED) is 0.605. The van der Waals surface area contributed by atoms with Gasteiger partial charge in [-0.3, -0.25) is 4.79 Å². The van der Waals surface area contributed by atoms with Gasteiger partial charge in [-0.25, -0.2) is 4.79 Å². The zero-order valence-corrected chi connectivity index (χ0v) is 16.8. The molecular weight excluding hydrogens is 382 g/mol. The lowest BCUT2D eigenvalue weighted by molar-refractivity contribution is -0.124. The molecule has 28 heavy (non-hydrogen) atoms. The van der Waals surface area contributed by atoms with Crippen molar-refractivity contribution in [3.8, 4) is 11.5 Å². The molecule has 0 bridgehead atoms. The van der Waals surface area contributed by atoms with E-state index in [1.165, 1.54) is 0 Å². The molecule has 0 aliphatic heterocycles. The predicted molar refractivity (Wildman–Crippen MR) is 107 cm³/mol. The number of carbonyl (C=O) groups is 2. The monoisotopic (exact) mass is 405 g/mol. The van der Waals surface area contributed by atoms with Crippen molar-refractivity contribution in [3.05, 3.63) is 58.6 Å². The van der Waals surface area contributed by atoms with E-state index < -0.39 is 11.9 Å². The van der Waals surface area contributed by atoms with Gasteiger partial charge in [-0.15, -0.1) is 0 Å². The number of hydrogen-bond donors (Lipinski definition) is 1. The molecule has 0 saturated carbocycles. The molecule has 0 saturated heterocycles. The molecule has 6 nitrogen and oxygen atoms in total. The molecule has 2 rings (SSSR count). The van der Waals surface area contributed by atoms with Crippen LogP contribution in [0.1, 0.15) is 36.2 Å². The first kappa shape index (κ1) is 21.6. The van der Waals surface area contributed by atoms with E-state index in [9.17, 15) is 9.59 Å². The molecule has 0 aliphatic carbocycles. The number of benzene rings is 2. The molecule has 7 heteroatoms. The van der Waals surface area contributed by atoms with Crippen LogP contribution in [0.25, 0.3) is 0 Å². The van der Waals surface area contributed by atoms with Gasteiger partial charge in [0, 0.05) is 11.6 Å². The van der Waals surface area contributed by atoms with E-state index in [0.29, 0.717) is 36.3 Å². The van der Waals surface area contributed by atoms with Crippen LogP contribution in [0.2, 0.25) is 5.02 Å². The van der Waals surface area contributed by atoms with Crippen molar-refractivity contribution >= 4 is 23.5 Å². The number of nitrogens with one attached hydrogen (secondary N) is 1. The summed E-state index contributed by atoms with van der Waals surface area (Å²) in [5, 5.41) is 3.31. The molecule has 150 valence electrons. The average molecular weight is 406 g/mol. The normalized spacial score (nSPS) is 10.2. The van der Waals surface area contributed by atoms with Crippen LogP contribution in [0, 0.1) is 0 Å². The fraction of sp³-hybridized carbons (Fsp3) is 0.333. The lowest BCUT2D eigenvalue weighted by Gasteiger charge is -2.13. The van der Waals surface area contributed by atoms with Crippen LogP contribution in [0.15, 0.2) is 42.5 Å². The van der Waals surface area contributed by atoms with E-state index in [1.54, 1.807) is 30.3 Å². The van der Waals surface area contributed by atoms with Crippen LogP contribution in [-0.2, 0) is 16.1 Å². The van der Waals surface area contributed by atoms with E-state index in [1.807, 2.05) is 26.0 Å². The molecule has 1 amide bonds. The Bertz CT molecular complexity index is 792. The Morgan fingerprint density at radius 1 is 1.00 bits per heavy atom. The largest absolute Gasteiger partial charge is 0.490 e. The summed E-state index contributed by atoms with van der Waals surface area (Å²) in [4.78, 5) is 24.1. The minimum atomic E-state index is -0.607. The number of carbonyl (C=O) groups excluding carboxylic acids is 2. The molecule has 2 aromatic carbocycles. The van der Waals surface area contributed by atoms with Crippen LogP contribution in [0.5, 0.6) is 11.5 Å². The minimum absolute atomic E-state index is 0.290. The highest BCUT2D eigenvalue weighted by Crippen LogP contribution is 2.29. The van der Waals surface area contributed by atoms with Gasteiger partial charge in [-0.2, -0.15) is 0 Å². The van der Waals surface area contributed by atoms with Crippen molar-refractivity contribution in [1.82, 2.24) is 5.32 Å². The van der Waals surface area contributed by atoms with Gasteiger partial charge in [0.15, 0.2) is 18.1 Å². The standard InChI is InChI=1S/C21H24ClNO5/c1-3-11-27-18-10-7-16(12-19(18)26-4-2)21(25)28-14-20(24)23-13-15-5-8-17(22)9-6-15/h5-10,12H,3-4,11,13-14H2,1-2H3,(H,23,24). The summed E-state index contributed by atoms with van der Waals surface area (Å²) in [7, 11) is 0. The van der Waals surface area contributed by atoms with Crippen LogP contribution in [0.4, 0.5) is 0 Å². The van der Waals surface area contributed by atoms with Crippen molar-refractivity contribution in [2.24, 2.45) is 0 Å². The number of halogens is 1. The van der Waals surface area contributed by atoms with Gasteiger partial charge in [0.2, 0.25) is 0 Å². The SMILES string of the molecule is CCCOc1ccc(C(=O)OCC(=O)NCc2ccc(Cl)cc2)cc1OCC. The molecule has 0 atom stereocenters. The van der Waals surface area contributed by atoms with E-state index in [0.717, 1.165) is 12.0 Å². The molecular formula is C21H24ClNO5. The first-order valence-corrected chi connectivity index (χ1v) is 9.49. The second-order valence-corrected chi connectivity index (χ2v) is 6.36. The summed E-state index contributed by atoms with van der Waals surface area (Å²) in [6, 6.07) is 11.9. The van der Waals surface area contributed by atoms with Crippen molar-refractivity contribution in [2.75, 3.05) is 19.8 Å². The van der Waals surface area contributed by atoms with Crippen LogP contribution in [0.3, 0.4) is 0 Å². The van der Waals surface area contributed by atoms with Crippen LogP contribution in [-0.4, -0.2) is 31.7 Å². The highest BCUT2D eigenvalue weighted by Gasteiger charge is 2.14. The van der Waals surface area contributed by atoms with E-state index in [2.05, 4.69) is 5.32 Å². The summed E-state index contributed by atoms with van der Waals surface area (Å²) >= 11 is 5.82. The van der Waals surface area contributed by atoms with Gasteiger partial charge in [0.1, 0.15) is 0 Å². The van der Waals surface area contributed by atoms with Gasteiger partial charge in [0.25, 0.3) is 5.91 Å². The number of hydrogen-bond acceptors (Lipinski definition) is 5. The van der Waals surface area contributed by atoms with E-state index in [-0.39, 0.29) is 12.2 Å². The topological polar surface area (TPSA) is 73.9 Å². The Labute approximate surface area is 169 Å². The Kier molecular flexibility index (Phi) is 8.62. The van der Waals surface area contributed by atoms with Gasteiger partial charge in [-0.1, -0.05) is 30.7 Å². The Morgan fingerprint density at radius 2 is 1.75 bits per heavy atom. The van der Waals surface area contributed by atoms with Crippen molar-refractivity contribution < 1.29 is 23.8 Å². The summed E-state index contributed by atoms with van der Waals surface area (Å²) in [5.41, 5.74) is 1.19. The number of ether oxygens (including phenoxy) is 3. The highest BCUT2D eigenvalue weighted by molar-refractivity contribution is 6.30. The minimum Gasteiger partial charge on any atom is -0.490 e. The Balaban J connectivity index is 1.88. The maximum Gasteiger partial charge on any atom is 0.338 e. The second-order valence-electron chi connectivity index (χ2n) is 5.92. The maximum atomic E-state index is 12.2. The third kappa shape index (κ3) is 6.78. The fourth-order valence-electron chi connectivity index (χ4n) is 2.30. The van der Waals surface area contributed by atoms with E-state index in [4.69, 9.17) is 25.8 Å². The maximum absolute atomic E-state index is 12.2. The first-order valence-electron chi connectivity index (χ1n) is 9.11. The number of rotatable bonds is 10. The Hall–Kier alpha value is -2.73. The highest BCUT2D eigenvalue weighted by atomic mass is 35.5. The van der Waals surface area contributed by atoms with Gasteiger partial charge < -0.3 is 19.5 Å². The summed E-state index contributed by atoms with van der Waals surface area (Å²) in [5.74, 6) is 0.0411. The van der Waals surface area contributed by atoms with Crippen LogP contribution < -0.4 is 14.8 Å². The molecule has 0 fully saturated rings. The van der Waals surface area contributed by atoms with Gasteiger partial charge in [-0.05, 0) is 49.2 Å². The third-order valence-corrected chi connectivity index (χ3v) is 3.93. The predicted octanol–water partition coefficient (Wildman–Crippen LogP) is 4.00. The lowest BCUT2D eigenvalue weighted by Crippen LogP contribution is -2.28. The number of esters is 1. The Morgan fingerprint density at radius 3 is 2.43 bits per heavy atom. The van der Waals surface area contributed by atoms with Crippen LogP contribution >= 0.6 is 11.6 Å². The molecule has 0 unspecified atom stereocenters. The van der Waals surface area contributed by atoms with Crippen molar-refractivity contribution in [1.29, 1.82) is 0 Å². The molecule has 0 aliphatic rings. The average Bonchev–Trinajstić information content (AvgIpc) is 2.70. The fourth-order valence-corrected chi connectivity index (χ4v) is 2.43. The molecule has 0 heterocycles. The molecule has 0 aromatic heterocycles. The van der Waals surface area contributed by atoms with E-state index >= 15 is 0 Å². The van der Waals surface area contributed by atoms with Gasteiger partial charge in [0.05, 0.1) is 18.8 Å². The molecule has 2 aromatic rings. The lowest BCUT2D eigenvalue weighted by atomic mass is 10.2.